The van der Waals surface area contributed by atoms with Gasteiger partial charge < -0.3 is 0 Å². The average molecular weight is 377 g/mol. The highest BCUT2D eigenvalue weighted by atomic mass is 79.9. The van der Waals surface area contributed by atoms with E-state index in [4.69, 9.17) is 0 Å². The summed E-state index contributed by atoms with van der Waals surface area (Å²) in [5.74, 6) is -0.699. The molecule has 2 aromatic carbocycles. The maximum atomic E-state index is 12.9. The van der Waals surface area contributed by atoms with Gasteiger partial charge in [0.2, 0.25) is 0 Å². The van der Waals surface area contributed by atoms with Gasteiger partial charge in [0, 0.05) is 10.0 Å². The Morgan fingerprint density at radius 1 is 1.30 bits per heavy atom. The number of nitrogens with one attached hydrogen (secondary N) is 2. The molecule has 0 aliphatic carbocycles. The minimum absolute atomic E-state index is 0.324. The van der Waals surface area contributed by atoms with Crippen molar-refractivity contribution in [1.82, 2.24) is 10.9 Å². The number of carbonyl (C=O) groups is 1. The largest absolute Gasteiger partial charge is 0.287 e. The van der Waals surface area contributed by atoms with Crippen molar-refractivity contribution in [1.29, 1.82) is 0 Å². The summed E-state index contributed by atoms with van der Waals surface area (Å²) in [6.07, 6.45) is 2.41. The van der Waals surface area contributed by atoms with Crippen LogP contribution in [0.2, 0.25) is 0 Å². The van der Waals surface area contributed by atoms with Crippen molar-refractivity contribution in [2.75, 3.05) is 0 Å². The highest BCUT2D eigenvalue weighted by molar-refractivity contribution is 9.10. The summed E-state index contributed by atoms with van der Waals surface area (Å²) in [6, 6.07) is 13.2. The minimum atomic E-state index is -0.513. The zero-order chi connectivity index (χ0) is 16.9. The van der Waals surface area contributed by atoms with E-state index in [9.17, 15) is 9.18 Å². The maximum absolute atomic E-state index is 12.9. The van der Waals surface area contributed by atoms with Crippen LogP contribution in [0.1, 0.15) is 29.3 Å². The Labute approximate surface area is 143 Å². The second-order valence-electron chi connectivity index (χ2n) is 5.42. The number of halogens is 2. The molecular weight excluding hydrogens is 359 g/mol. The van der Waals surface area contributed by atoms with Gasteiger partial charge in [-0.1, -0.05) is 34.1 Å². The summed E-state index contributed by atoms with van der Waals surface area (Å²) < 4.78 is 13.9. The number of hydrogen-bond donors (Lipinski definition) is 2. The number of benzene rings is 2. The lowest BCUT2D eigenvalue weighted by atomic mass is 9.89. The summed E-state index contributed by atoms with van der Waals surface area (Å²) in [7, 11) is 0. The first-order chi connectivity index (χ1) is 10.9. The van der Waals surface area contributed by atoms with Crippen LogP contribution < -0.4 is 10.9 Å². The Kier molecular flexibility index (Phi) is 5.69. The van der Waals surface area contributed by atoms with Crippen molar-refractivity contribution < 1.29 is 9.18 Å². The van der Waals surface area contributed by atoms with Crippen molar-refractivity contribution in [3.05, 3.63) is 82.6 Å². The van der Waals surface area contributed by atoms with Crippen molar-refractivity contribution in [3.63, 3.8) is 0 Å². The minimum Gasteiger partial charge on any atom is -0.287 e. The second-order valence-corrected chi connectivity index (χ2v) is 6.34. The molecule has 1 unspecified atom stereocenters. The molecule has 23 heavy (non-hydrogen) atoms. The monoisotopic (exact) mass is 376 g/mol. The maximum Gasteiger partial charge on any atom is 0.265 e. The zero-order valence-corrected chi connectivity index (χ0v) is 14.4. The lowest BCUT2D eigenvalue weighted by Crippen LogP contribution is -2.50. The Balaban J connectivity index is 2.14. The van der Waals surface area contributed by atoms with Crippen LogP contribution in [0.3, 0.4) is 0 Å². The SMILES string of the molecule is C=CCC(C)(NNC(=O)c1ccc(F)cc1)c1cccc(Br)c1. The van der Waals surface area contributed by atoms with Gasteiger partial charge in [-0.3, -0.25) is 10.2 Å². The van der Waals surface area contributed by atoms with Crippen LogP contribution in [0.25, 0.3) is 0 Å². The van der Waals surface area contributed by atoms with Crippen LogP contribution in [-0.4, -0.2) is 5.91 Å². The van der Waals surface area contributed by atoms with E-state index in [1.54, 1.807) is 6.08 Å². The predicted octanol–water partition coefficient (Wildman–Crippen LogP) is 4.31. The Hall–Kier alpha value is -1.98. The molecule has 0 saturated heterocycles. The third kappa shape index (κ3) is 4.50. The van der Waals surface area contributed by atoms with Gasteiger partial charge in [-0.25, -0.2) is 9.82 Å². The molecule has 0 aliphatic heterocycles. The van der Waals surface area contributed by atoms with Crippen molar-refractivity contribution in [2.24, 2.45) is 0 Å². The molecule has 120 valence electrons. The fraction of sp³-hybridized carbons (Fsp3) is 0.167. The molecule has 2 aromatic rings. The van der Waals surface area contributed by atoms with Crippen LogP contribution in [0, 0.1) is 5.82 Å². The number of hydrogen-bond acceptors (Lipinski definition) is 2. The molecule has 0 radical (unpaired) electrons. The lowest BCUT2D eigenvalue weighted by Gasteiger charge is -2.31. The molecule has 2 rings (SSSR count). The van der Waals surface area contributed by atoms with E-state index in [0.717, 1.165) is 10.0 Å². The van der Waals surface area contributed by atoms with Crippen LogP contribution >= 0.6 is 15.9 Å². The summed E-state index contributed by atoms with van der Waals surface area (Å²) in [5.41, 5.74) is 6.63. The quantitative estimate of drug-likeness (QED) is 0.582. The van der Waals surface area contributed by atoms with Gasteiger partial charge in [-0.15, -0.1) is 6.58 Å². The first-order valence-electron chi connectivity index (χ1n) is 7.14. The van der Waals surface area contributed by atoms with Gasteiger partial charge in [0.15, 0.2) is 0 Å². The molecule has 0 aliphatic rings. The number of hydrazine groups is 1. The summed E-state index contributed by atoms with van der Waals surface area (Å²) in [5, 5.41) is 0. The Morgan fingerprint density at radius 2 is 2.00 bits per heavy atom. The van der Waals surface area contributed by atoms with E-state index in [2.05, 4.69) is 33.4 Å². The predicted molar refractivity (Wildman–Crippen MR) is 93.3 cm³/mol. The smallest absolute Gasteiger partial charge is 0.265 e. The van der Waals surface area contributed by atoms with Crippen molar-refractivity contribution >= 4 is 21.8 Å². The summed E-state index contributed by atoms with van der Waals surface area (Å²) in [6.45, 7) is 5.76. The fourth-order valence-electron chi connectivity index (χ4n) is 2.23. The number of carbonyl (C=O) groups excluding carboxylic acids is 1. The average Bonchev–Trinajstić information content (AvgIpc) is 2.53. The number of rotatable bonds is 6. The van der Waals surface area contributed by atoms with Gasteiger partial charge in [-0.05, 0) is 55.3 Å². The molecule has 0 heterocycles. The first-order valence-corrected chi connectivity index (χ1v) is 7.94. The van der Waals surface area contributed by atoms with E-state index < -0.39 is 5.54 Å². The summed E-state index contributed by atoms with van der Waals surface area (Å²) >= 11 is 3.45. The van der Waals surface area contributed by atoms with Crippen molar-refractivity contribution in [3.8, 4) is 0 Å². The zero-order valence-electron chi connectivity index (χ0n) is 12.8. The van der Waals surface area contributed by atoms with Gasteiger partial charge >= 0.3 is 0 Å². The van der Waals surface area contributed by atoms with E-state index in [-0.39, 0.29) is 11.7 Å². The van der Waals surface area contributed by atoms with Crippen LogP contribution in [0.4, 0.5) is 4.39 Å². The van der Waals surface area contributed by atoms with Gasteiger partial charge in [0.25, 0.3) is 5.91 Å². The van der Waals surface area contributed by atoms with Crippen LogP contribution in [0.5, 0.6) is 0 Å². The van der Waals surface area contributed by atoms with E-state index >= 15 is 0 Å². The standard InChI is InChI=1S/C18H18BrFN2O/c1-3-11-18(2,14-5-4-6-15(19)12-14)22-21-17(23)13-7-9-16(20)10-8-13/h3-10,12,22H,1,11H2,2H3,(H,21,23). The number of amides is 1. The molecule has 1 atom stereocenters. The summed E-state index contributed by atoms with van der Waals surface area (Å²) in [4.78, 5) is 12.2. The Bertz CT molecular complexity index is 702. The molecule has 2 N–H and O–H groups in total. The van der Waals surface area contributed by atoms with Gasteiger partial charge in [0.1, 0.15) is 5.82 Å². The molecule has 0 fully saturated rings. The fourth-order valence-corrected chi connectivity index (χ4v) is 2.63. The van der Waals surface area contributed by atoms with E-state index in [1.807, 2.05) is 31.2 Å². The van der Waals surface area contributed by atoms with E-state index in [1.165, 1.54) is 24.3 Å². The Morgan fingerprint density at radius 3 is 2.61 bits per heavy atom. The van der Waals surface area contributed by atoms with E-state index in [0.29, 0.717) is 12.0 Å². The molecule has 0 aromatic heterocycles. The van der Waals surface area contributed by atoms with Crippen LogP contribution in [-0.2, 0) is 5.54 Å². The van der Waals surface area contributed by atoms with Gasteiger partial charge in [-0.2, -0.15) is 0 Å². The molecule has 0 spiro atoms. The second kappa shape index (κ2) is 7.53. The topological polar surface area (TPSA) is 41.1 Å². The molecule has 0 saturated carbocycles. The lowest BCUT2D eigenvalue weighted by molar-refractivity contribution is 0.0907. The first kappa shape index (κ1) is 17.4. The molecular formula is C18H18BrFN2O. The third-order valence-corrected chi connectivity index (χ3v) is 4.07. The normalized spacial score (nSPS) is 13.2. The molecule has 5 heteroatoms. The van der Waals surface area contributed by atoms with Crippen LogP contribution in [0.15, 0.2) is 65.7 Å². The highest BCUT2D eigenvalue weighted by Gasteiger charge is 2.26. The molecule has 3 nitrogen and oxygen atoms in total. The third-order valence-electron chi connectivity index (χ3n) is 3.57. The molecule has 0 bridgehead atoms. The highest BCUT2D eigenvalue weighted by Crippen LogP contribution is 2.26. The molecule has 1 amide bonds. The van der Waals surface area contributed by atoms with Crippen molar-refractivity contribution in [2.45, 2.75) is 18.9 Å². The van der Waals surface area contributed by atoms with Gasteiger partial charge in [0.05, 0.1) is 5.54 Å².